The molecule has 0 spiro atoms. The van der Waals surface area contributed by atoms with Crippen LogP contribution in [-0.2, 0) is 12.8 Å². The molecule has 0 saturated carbocycles. The summed E-state index contributed by atoms with van der Waals surface area (Å²) in [4.78, 5) is 0. The van der Waals surface area contributed by atoms with E-state index in [2.05, 4.69) is 80.7 Å². The Labute approximate surface area is 129 Å². The molecule has 0 aliphatic heterocycles. The van der Waals surface area contributed by atoms with Crippen LogP contribution in [0, 0.1) is 0 Å². The van der Waals surface area contributed by atoms with Gasteiger partial charge in [0.1, 0.15) is 0 Å². The zero-order chi connectivity index (χ0) is 15.1. The number of nitrogens with one attached hydrogen (secondary N) is 1. The predicted molar refractivity (Wildman–Crippen MR) is 91.6 cm³/mol. The average molecular weight is 281 g/mol. The Kier molecular flexibility index (Phi) is 6.01. The summed E-state index contributed by atoms with van der Waals surface area (Å²) in [5.41, 5.74) is 4.19. The lowest BCUT2D eigenvalue weighted by Gasteiger charge is -2.23. The number of rotatable bonds is 7. The van der Waals surface area contributed by atoms with Gasteiger partial charge in [-0.05, 0) is 42.9 Å². The number of benzene rings is 2. The summed E-state index contributed by atoms with van der Waals surface area (Å²) in [5, 5.41) is 3.77. The summed E-state index contributed by atoms with van der Waals surface area (Å²) in [5.74, 6) is 0. The number of hydrogen-bond donors (Lipinski definition) is 1. The lowest BCUT2D eigenvalue weighted by Crippen LogP contribution is -2.32. The molecule has 0 fully saturated rings. The Balaban J connectivity index is 1.96. The van der Waals surface area contributed by atoms with Gasteiger partial charge in [-0.2, -0.15) is 0 Å². The summed E-state index contributed by atoms with van der Waals surface area (Å²) in [6, 6.07) is 20.7. The van der Waals surface area contributed by atoms with Crippen molar-refractivity contribution in [2.45, 2.75) is 52.1 Å². The normalized spacial score (nSPS) is 13.9. The number of aryl methyl sites for hydroxylation is 1. The third kappa shape index (κ3) is 4.71. The van der Waals surface area contributed by atoms with Gasteiger partial charge in [0, 0.05) is 12.1 Å². The fourth-order valence-corrected chi connectivity index (χ4v) is 2.71. The summed E-state index contributed by atoms with van der Waals surface area (Å²) >= 11 is 0. The standard InChI is InChI=1S/C20H27N/c1-4-17-11-13-19(14-12-17)16(3)21-20(5-2)15-18-9-7-6-8-10-18/h6-14,16,20-21H,4-5,15H2,1-3H3. The van der Waals surface area contributed by atoms with Crippen molar-refractivity contribution < 1.29 is 0 Å². The first-order chi connectivity index (χ1) is 10.2. The minimum absolute atomic E-state index is 0.393. The summed E-state index contributed by atoms with van der Waals surface area (Å²) in [7, 11) is 0. The van der Waals surface area contributed by atoms with Crippen LogP contribution in [0.3, 0.4) is 0 Å². The van der Waals surface area contributed by atoms with Gasteiger partial charge in [0.2, 0.25) is 0 Å². The van der Waals surface area contributed by atoms with E-state index in [1.807, 2.05) is 0 Å². The van der Waals surface area contributed by atoms with Gasteiger partial charge in [0.15, 0.2) is 0 Å². The maximum absolute atomic E-state index is 3.77. The molecule has 2 unspecified atom stereocenters. The van der Waals surface area contributed by atoms with E-state index in [0.717, 1.165) is 19.3 Å². The SMILES string of the molecule is CCc1ccc(C(C)NC(CC)Cc2ccccc2)cc1. The van der Waals surface area contributed by atoms with Gasteiger partial charge in [0.25, 0.3) is 0 Å². The minimum atomic E-state index is 0.393. The fourth-order valence-electron chi connectivity index (χ4n) is 2.71. The van der Waals surface area contributed by atoms with Crippen molar-refractivity contribution in [1.29, 1.82) is 0 Å². The maximum Gasteiger partial charge on any atom is 0.0294 e. The van der Waals surface area contributed by atoms with E-state index in [4.69, 9.17) is 0 Å². The van der Waals surface area contributed by atoms with Crippen LogP contribution in [0.25, 0.3) is 0 Å². The zero-order valence-corrected chi connectivity index (χ0v) is 13.5. The van der Waals surface area contributed by atoms with Crippen molar-refractivity contribution in [1.82, 2.24) is 5.32 Å². The Morgan fingerprint density at radius 1 is 0.857 bits per heavy atom. The van der Waals surface area contributed by atoms with Gasteiger partial charge in [-0.1, -0.05) is 68.4 Å². The van der Waals surface area contributed by atoms with Crippen molar-refractivity contribution in [3.8, 4) is 0 Å². The first-order valence-corrected chi connectivity index (χ1v) is 8.11. The Bertz CT molecular complexity index is 515. The van der Waals surface area contributed by atoms with Crippen LogP contribution >= 0.6 is 0 Å². The minimum Gasteiger partial charge on any atom is -0.307 e. The summed E-state index contributed by atoms with van der Waals surface area (Å²) in [6.45, 7) is 6.71. The van der Waals surface area contributed by atoms with Gasteiger partial charge in [-0.3, -0.25) is 0 Å². The highest BCUT2D eigenvalue weighted by Crippen LogP contribution is 2.16. The summed E-state index contributed by atoms with van der Waals surface area (Å²) in [6.07, 6.45) is 3.34. The molecule has 1 N–H and O–H groups in total. The molecule has 0 amide bonds. The predicted octanol–water partition coefficient (Wildman–Crippen LogP) is 4.92. The van der Waals surface area contributed by atoms with Gasteiger partial charge in [-0.15, -0.1) is 0 Å². The highest BCUT2D eigenvalue weighted by molar-refractivity contribution is 5.25. The van der Waals surface area contributed by atoms with E-state index >= 15 is 0 Å². The van der Waals surface area contributed by atoms with Gasteiger partial charge < -0.3 is 5.32 Å². The van der Waals surface area contributed by atoms with Crippen LogP contribution < -0.4 is 5.32 Å². The van der Waals surface area contributed by atoms with E-state index < -0.39 is 0 Å². The van der Waals surface area contributed by atoms with Crippen LogP contribution in [0.5, 0.6) is 0 Å². The highest BCUT2D eigenvalue weighted by Gasteiger charge is 2.12. The second-order valence-electron chi connectivity index (χ2n) is 5.78. The molecule has 21 heavy (non-hydrogen) atoms. The van der Waals surface area contributed by atoms with Crippen LogP contribution in [0.2, 0.25) is 0 Å². The van der Waals surface area contributed by atoms with Crippen LogP contribution in [0.15, 0.2) is 54.6 Å². The molecule has 1 heteroatoms. The van der Waals surface area contributed by atoms with Crippen LogP contribution in [0.1, 0.15) is 49.9 Å². The van der Waals surface area contributed by atoms with Crippen LogP contribution in [0.4, 0.5) is 0 Å². The molecule has 0 aliphatic carbocycles. The molecule has 112 valence electrons. The van der Waals surface area contributed by atoms with Gasteiger partial charge in [-0.25, -0.2) is 0 Å². The lowest BCUT2D eigenvalue weighted by molar-refractivity contribution is 0.440. The van der Waals surface area contributed by atoms with Gasteiger partial charge >= 0.3 is 0 Å². The highest BCUT2D eigenvalue weighted by atomic mass is 14.9. The average Bonchev–Trinajstić information content (AvgIpc) is 2.55. The van der Waals surface area contributed by atoms with E-state index in [-0.39, 0.29) is 0 Å². The van der Waals surface area contributed by atoms with Crippen molar-refractivity contribution in [3.63, 3.8) is 0 Å². The molecule has 2 aromatic rings. The van der Waals surface area contributed by atoms with Gasteiger partial charge in [0.05, 0.1) is 0 Å². The van der Waals surface area contributed by atoms with E-state index in [1.54, 1.807) is 0 Å². The first kappa shape index (κ1) is 15.8. The molecule has 2 aromatic carbocycles. The van der Waals surface area contributed by atoms with Crippen molar-refractivity contribution in [2.24, 2.45) is 0 Å². The lowest BCUT2D eigenvalue weighted by atomic mass is 10.0. The molecule has 0 bridgehead atoms. The summed E-state index contributed by atoms with van der Waals surface area (Å²) < 4.78 is 0. The Morgan fingerprint density at radius 2 is 1.52 bits per heavy atom. The monoisotopic (exact) mass is 281 g/mol. The van der Waals surface area contributed by atoms with Crippen molar-refractivity contribution in [3.05, 3.63) is 71.3 Å². The van der Waals surface area contributed by atoms with Crippen molar-refractivity contribution >= 4 is 0 Å². The maximum atomic E-state index is 3.77. The largest absolute Gasteiger partial charge is 0.307 e. The molecule has 0 aliphatic rings. The zero-order valence-electron chi connectivity index (χ0n) is 13.5. The molecule has 2 rings (SSSR count). The molecule has 0 heterocycles. The van der Waals surface area contributed by atoms with E-state index in [0.29, 0.717) is 12.1 Å². The Hall–Kier alpha value is -1.60. The van der Waals surface area contributed by atoms with E-state index in [1.165, 1.54) is 16.7 Å². The fraction of sp³-hybridized carbons (Fsp3) is 0.400. The van der Waals surface area contributed by atoms with Crippen LogP contribution in [-0.4, -0.2) is 6.04 Å². The molecule has 0 radical (unpaired) electrons. The number of hydrogen-bond acceptors (Lipinski definition) is 1. The second kappa shape index (κ2) is 7.99. The first-order valence-electron chi connectivity index (χ1n) is 8.11. The molecular formula is C20H27N. The molecular weight excluding hydrogens is 254 g/mol. The molecule has 2 atom stereocenters. The topological polar surface area (TPSA) is 12.0 Å². The smallest absolute Gasteiger partial charge is 0.0294 e. The Morgan fingerprint density at radius 3 is 2.10 bits per heavy atom. The third-order valence-electron chi connectivity index (χ3n) is 4.19. The molecule has 0 aromatic heterocycles. The quantitative estimate of drug-likeness (QED) is 0.759. The third-order valence-corrected chi connectivity index (χ3v) is 4.19. The van der Waals surface area contributed by atoms with E-state index in [9.17, 15) is 0 Å². The second-order valence-corrected chi connectivity index (χ2v) is 5.78. The molecule has 1 nitrogen and oxygen atoms in total. The van der Waals surface area contributed by atoms with Crippen molar-refractivity contribution in [2.75, 3.05) is 0 Å². The molecule has 0 saturated heterocycles.